The Morgan fingerprint density at radius 2 is 1.84 bits per heavy atom. The zero-order valence-electron chi connectivity index (χ0n) is 11.1. The van der Waals surface area contributed by atoms with Crippen LogP contribution < -0.4 is 33.4 Å². The summed E-state index contributed by atoms with van der Waals surface area (Å²) in [5, 5.41) is 2.10. The van der Waals surface area contributed by atoms with E-state index in [2.05, 4.69) is 34.8 Å². The second kappa shape index (κ2) is 6.27. The highest BCUT2D eigenvalue weighted by Crippen LogP contribution is 2.28. The number of benzene rings is 1. The van der Waals surface area contributed by atoms with Gasteiger partial charge in [0, 0.05) is 30.2 Å². The number of hydrogen-bond donors (Lipinski definition) is 0. The molecule has 0 N–H and O–H groups in total. The summed E-state index contributed by atoms with van der Waals surface area (Å²) in [7, 11) is 2.07. The first-order chi connectivity index (χ1) is 8.75. The average Bonchev–Trinajstić information content (AvgIpc) is 2.41. The number of fused-ring (bicyclic) bond motifs is 1. The van der Waals surface area contributed by atoms with Crippen molar-refractivity contribution in [3.8, 4) is 0 Å². The van der Waals surface area contributed by atoms with Gasteiger partial charge in [0.2, 0.25) is 5.52 Å². The molecule has 0 amide bonds. The van der Waals surface area contributed by atoms with Crippen molar-refractivity contribution in [3.05, 3.63) is 35.5 Å². The van der Waals surface area contributed by atoms with E-state index in [0.29, 0.717) is 0 Å². The van der Waals surface area contributed by atoms with Gasteiger partial charge in [-0.15, -0.1) is 0 Å². The summed E-state index contributed by atoms with van der Waals surface area (Å²) in [5.41, 5.74) is 2.55. The lowest BCUT2D eigenvalue weighted by Gasteiger charge is -2.29. The van der Waals surface area contributed by atoms with E-state index in [1.807, 2.05) is 12.1 Å². The van der Waals surface area contributed by atoms with Crippen LogP contribution in [0.3, 0.4) is 0 Å². The van der Waals surface area contributed by atoms with E-state index in [1.54, 1.807) is 0 Å². The van der Waals surface area contributed by atoms with Crippen LogP contribution in [0, 0.1) is 0 Å². The molecule has 0 unspecified atom stereocenters. The Hall–Kier alpha value is -0.550. The third-order valence-corrected chi connectivity index (χ3v) is 4.00. The number of aromatic nitrogens is 1. The van der Waals surface area contributed by atoms with Gasteiger partial charge in [-0.2, -0.15) is 0 Å². The zero-order valence-corrected chi connectivity index (χ0v) is 14.0. The van der Waals surface area contributed by atoms with Crippen molar-refractivity contribution in [2.24, 2.45) is 7.05 Å². The molecule has 2 heterocycles. The van der Waals surface area contributed by atoms with Crippen LogP contribution in [0.15, 0.2) is 30.5 Å². The molecule has 0 radical (unpaired) electrons. The molecule has 1 aliphatic rings. The van der Waals surface area contributed by atoms with Crippen LogP contribution in [0.4, 0.5) is 5.69 Å². The third-order valence-electron chi connectivity index (χ3n) is 3.77. The van der Waals surface area contributed by atoms with Crippen molar-refractivity contribution in [2.45, 2.75) is 19.3 Å². The largest absolute Gasteiger partial charge is 1.00 e. The van der Waals surface area contributed by atoms with Crippen LogP contribution in [-0.2, 0) is 7.05 Å². The highest BCUT2D eigenvalue weighted by atomic mass is 127. The fourth-order valence-corrected chi connectivity index (χ4v) is 2.94. The third kappa shape index (κ3) is 2.97. The molecule has 2 nitrogen and oxygen atoms in total. The smallest absolute Gasteiger partial charge is 0.215 e. The maximum absolute atomic E-state index is 6.10. The molecule has 4 heteroatoms. The molecule has 1 aromatic heterocycles. The topological polar surface area (TPSA) is 7.12 Å². The molecule has 3 rings (SSSR count). The van der Waals surface area contributed by atoms with Crippen molar-refractivity contribution in [3.63, 3.8) is 0 Å². The average molecular weight is 389 g/mol. The first-order valence-electron chi connectivity index (χ1n) is 6.58. The van der Waals surface area contributed by atoms with Crippen molar-refractivity contribution in [2.75, 3.05) is 18.0 Å². The normalized spacial score (nSPS) is 15.4. The highest BCUT2D eigenvalue weighted by molar-refractivity contribution is 6.31. The molecule has 1 aromatic carbocycles. The lowest BCUT2D eigenvalue weighted by atomic mass is 10.1. The van der Waals surface area contributed by atoms with Gasteiger partial charge in [-0.3, -0.25) is 0 Å². The molecule has 0 saturated carbocycles. The molecule has 0 spiro atoms. The number of anilines is 1. The van der Waals surface area contributed by atoms with Crippen LogP contribution in [0.1, 0.15) is 19.3 Å². The zero-order chi connectivity index (χ0) is 12.5. The van der Waals surface area contributed by atoms with E-state index in [0.717, 1.165) is 5.02 Å². The number of nitrogens with zero attached hydrogens (tertiary/aromatic N) is 2. The number of aryl methyl sites for hydroxylation is 1. The van der Waals surface area contributed by atoms with Crippen LogP contribution in [0.25, 0.3) is 10.9 Å². The van der Waals surface area contributed by atoms with Gasteiger partial charge in [0.05, 0.1) is 11.1 Å². The van der Waals surface area contributed by atoms with Gasteiger partial charge in [0.15, 0.2) is 6.20 Å². The molecule has 19 heavy (non-hydrogen) atoms. The maximum Gasteiger partial charge on any atom is 0.215 e. The second-order valence-corrected chi connectivity index (χ2v) is 5.46. The van der Waals surface area contributed by atoms with Crippen molar-refractivity contribution in [1.82, 2.24) is 0 Å². The van der Waals surface area contributed by atoms with E-state index in [9.17, 15) is 0 Å². The minimum atomic E-state index is 0. The Balaban J connectivity index is 0.00000133. The summed E-state index contributed by atoms with van der Waals surface area (Å²) in [6.45, 7) is 2.34. The molecule has 1 fully saturated rings. The second-order valence-electron chi connectivity index (χ2n) is 5.02. The Morgan fingerprint density at radius 1 is 1.11 bits per heavy atom. The molecule has 102 valence electrons. The number of pyridine rings is 1. The molecule has 1 aliphatic heterocycles. The van der Waals surface area contributed by atoms with Gasteiger partial charge in [0.25, 0.3) is 0 Å². The monoisotopic (exact) mass is 388 g/mol. The summed E-state index contributed by atoms with van der Waals surface area (Å²) in [6, 6.07) is 8.39. The SMILES string of the molecule is C[n+]1ccc(N2CCCCC2)c2ccc(Cl)cc21.[I-]. The van der Waals surface area contributed by atoms with Crippen LogP contribution in [-0.4, -0.2) is 13.1 Å². The van der Waals surface area contributed by atoms with E-state index in [1.165, 1.54) is 48.9 Å². The minimum Gasteiger partial charge on any atom is -1.00 e. The summed E-state index contributed by atoms with van der Waals surface area (Å²) in [6.07, 6.45) is 6.09. The van der Waals surface area contributed by atoms with Crippen LogP contribution >= 0.6 is 11.6 Å². The van der Waals surface area contributed by atoms with E-state index in [-0.39, 0.29) is 24.0 Å². The fourth-order valence-electron chi connectivity index (χ4n) is 2.78. The first kappa shape index (κ1) is 14.9. The Kier molecular flexibility index (Phi) is 4.90. The summed E-state index contributed by atoms with van der Waals surface area (Å²) >= 11 is 6.10. The van der Waals surface area contributed by atoms with Gasteiger partial charge in [-0.1, -0.05) is 11.6 Å². The first-order valence-corrected chi connectivity index (χ1v) is 6.96. The molecular formula is C15H18ClIN2. The lowest BCUT2D eigenvalue weighted by Crippen LogP contribution is -3.00. The fraction of sp³-hybridized carbons (Fsp3) is 0.400. The van der Waals surface area contributed by atoms with Gasteiger partial charge in [-0.25, -0.2) is 4.57 Å². The van der Waals surface area contributed by atoms with Gasteiger partial charge in [-0.05, 0) is 31.4 Å². The van der Waals surface area contributed by atoms with Crippen LogP contribution in [0.5, 0.6) is 0 Å². The van der Waals surface area contributed by atoms with E-state index in [4.69, 9.17) is 11.6 Å². The minimum absolute atomic E-state index is 0. The number of piperidine rings is 1. The maximum atomic E-state index is 6.10. The molecule has 1 saturated heterocycles. The lowest BCUT2D eigenvalue weighted by molar-refractivity contribution is -0.644. The number of rotatable bonds is 1. The Bertz CT molecular complexity index is 580. The van der Waals surface area contributed by atoms with Crippen molar-refractivity contribution < 1.29 is 28.5 Å². The van der Waals surface area contributed by atoms with Gasteiger partial charge in [0.1, 0.15) is 7.05 Å². The summed E-state index contributed by atoms with van der Waals surface area (Å²) in [4.78, 5) is 2.50. The Labute approximate surface area is 136 Å². The predicted molar refractivity (Wildman–Crippen MR) is 76.2 cm³/mol. The van der Waals surface area contributed by atoms with Gasteiger partial charge >= 0.3 is 0 Å². The number of hydrogen-bond acceptors (Lipinski definition) is 1. The van der Waals surface area contributed by atoms with Gasteiger partial charge < -0.3 is 28.9 Å². The molecule has 0 bridgehead atoms. The summed E-state index contributed by atoms with van der Waals surface area (Å²) in [5.74, 6) is 0. The van der Waals surface area contributed by atoms with Crippen molar-refractivity contribution >= 4 is 28.2 Å². The highest BCUT2D eigenvalue weighted by Gasteiger charge is 2.17. The standard InChI is InChI=1S/C15H18ClN2.HI/c1-17-10-7-14(18-8-3-2-4-9-18)13-6-5-12(16)11-15(13)17;/h5-7,10-11H,2-4,8-9H2,1H3;1H/q+1;/p-1. The van der Waals surface area contributed by atoms with E-state index < -0.39 is 0 Å². The van der Waals surface area contributed by atoms with E-state index >= 15 is 0 Å². The summed E-state index contributed by atoms with van der Waals surface area (Å²) < 4.78 is 2.13. The molecule has 0 aliphatic carbocycles. The predicted octanol–water partition coefficient (Wildman–Crippen LogP) is 0.312. The quantitative estimate of drug-likeness (QED) is 0.504. The Morgan fingerprint density at radius 3 is 2.58 bits per heavy atom. The molecule has 2 aromatic rings. The molecule has 0 atom stereocenters. The molecular weight excluding hydrogens is 371 g/mol. The van der Waals surface area contributed by atoms with Crippen molar-refractivity contribution in [1.29, 1.82) is 0 Å². The number of halogens is 2. The van der Waals surface area contributed by atoms with Crippen LogP contribution in [0.2, 0.25) is 5.02 Å².